The lowest BCUT2D eigenvalue weighted by molar-refractivity contribution is 0.154. The summed E-state index contributed by atoms with van der Waals surface area (Å²) in [5, 5.41) is 0. The fourth-order valence-corrected chi connectivity index (χ4v) is 1.81. The molecule has 6 heteroatoms. The lowest BCUT2D eigenvalue weighted by Crippen LogP contribution is -2.06. The van der Waals surface area contributed by atoms with Crippen LogP contribution < -0.4 is 0 Å². The lowest BCUT2D eigenvalue weighted by Gasteiger charge is -2.22. The molecule has 1 aliphatic rings. The largest absolute Gasteiger partial charge is 0.501 e. The highest BCUT2D eigenvalue weighted by Crippen LogP contribution is 2.65. The van der Waals surface area contributed by atoms with Crippen molar-refractivity contribution in [2.45, 2.75) is 20.0 Å². The maximum atomic E-state index is 10.8. The standard InChI is InChI=1S/C3H7O4PS/c1-3(2)5-8(4)6-9-7-8/h3H,1-2H3. The van der Waals surface area contributed by atoms with Gasteiger partial charge in [0.1, 0.15) is 0 Å². The highest BCUT2D eigenvalue weighted by Gasteiger charge is 2.39. The van der Waals surface area contributed by atoms with Crippen molar-refractivity contribution in [3.63, 3.8) is 0 Å². The fourth-order valence-electron chi connectivity index (χ4n) is 0.373. The van der Waals surface area contributed by atoms with Crippen LogP contribution in [0.1, 0.15) is 13.8 Å². The maximum absolute atomic E-state index is 10.8. The monoisotopic (exact) mass is 170 g/mol. The zero-order valence-corrected chi connectivity index (χ0v) is 6.78. The van der Waals surface area contributed by atoms with Gasteiger partial charge in [-0.2, -0.15) is 7.94 Å². The van der Waals surface area contributed by atoms with Crippen molar-refractivity contribution in [3.8, 4) is 0 Å². The van der Waals surface area contributed by atoms with Crippen LogP contribution in [0.3, 0.4) is 0 Å². The molecule has 0 aromatic rings. The number of phosphoric acid groups is 1. The van der Waals surface area contributed by atoms with E-state index in [2.05, 4.69) is 7.94 Å². The normalized spacial score (nSPS) is 23.9. The third-order valence-corrected chi connectivity index (χ3v) is 3.21. The van der Waals surface area contributed by atoms with E-state index >= 15 is 0 Å². The molecule has 0 saturated carbocycles. The topological polar surface area (TPSA) is 44.8 Å². The van der Waals surface area contributed by atoms with Crippen LogP contribution in [0.4, 0.5) is 0 Å². The smallest absolute Gasteiger partial charge is 0.283 e. The molecule has 0 spiro atoms. The van der Waals surface area contributed by atoms with Crippen molar-refractivity contribution in [3.05, 3.63) is 0 Å². The van der Waals surface area contributed by atoms with E-state index in [1.165, 1.54) is 0 Å². The van der Waals surface area contributed by atoms with Crippen LogP contribution in [0.25, 0.3) is 0 Å². The van der Waals surface area contributed by atoms with E-state index in [-0.39, 0.29) is 6.10 Å². The summed E-state index contributed by atoms with van der Waals surface area (Å²) in [5.41, 5.74) is 0. The second-order valence-corrected chi connectivity index (χ2v) is 4.25. The van der Waals surface area contributed by atoms with Gasteiger partial charge in [0.05, 0.1) is 6.10 Å². The van der Waals surface area contributed by atoms with Gasteiger partial charge >= 0.3 is 7.82 Å². The Bertz CT molecular complexity index is 139. The summed E-state index contributed by atoms with van der Waals surface area (Å²) < 4.78 is 24.5. The predicted molar refractivity (Wildman–Crippen MR) is 33.6 cm³/mol. The van der Waals surface area contributed by atoms with Crippen LogP contribution in [0.2, 0.25) is 0 Å². The molecule has 1 aliphatic heterocycles. The minimum Gasteiger partial charge on any atom is -0.283 e. The van der Waals surface area contributed by atoms with Gasteiger partial charge in [-0.15, -0.1) is 0 Å². The van der Waals surface area contributed by atoms with Crippen LogP contribution in [0.15, 0.2) is 0 Å². The van der Waals surface area contributed by atoms with E-state index in [4.69, 9.17) is 4.52 Å². The number of hydrogen-bond acceptors (Lipinski definition) is 5. The molecule has 0 aromatic carbocycles. The van der Waals surface area contributed by atoms with Crippen molar-refractivity contribution in [1.82, 2.24) is 0 Å². The van der Waals surface area contributed by atoms with Crippen molar-refractivity contribution < 1.29 is 17.0 Å². The second kappa shape index (κ2) is 2.60. The molecule has 1 heterocycles. The van der Waals surface area contributed by atoms with Crippen LogP contribution in [0.5, 0.6) is 0 Å². The zero-order chi connectivity index (χ0) is 6.91. The van der Waals surface area contributed by atoms with Crippen LogP contribution >= 0.6 is 20.1 Å². The Hall–Kier alpha value is 0.460. The van der Waals surface area contributed by atoms with E-state index in [0.717, 1.165) is 0 Å². The molecule has 0 aliphatic carbocycles. The van der Waals surface area contributed by atoms with Gasteiger partial charge in [-0.05, 0) is 13.8 Å². The average molecular weight is 170 g/mol. The minimum absolute atomic E-state index is 0.128. The summed E-state index contributed by atoms with van der Waals surface area (Å²) in [4.78, 5) is 0. The summed E-state index contributed by atoms with van der Waals surface area (Å²) in [6.07, 6.45) is -0.128. The Morgan fingerprint density at radius 1 is 1.56 bits per heavy atom. The van der Waals surface area contributed by atoms with E-state index in [9.17, 15) is 4.57 Å². The molecular formula is C3H7O4PS. The average Bonchev–Trinajstić information content (AvgIpc) is 1.60. The van der Waals surface area contributed by atoms with Crippen molar-refractivity contribution in [2.75, 3.05) is 0 Å². The molecule has 0 N–H and O–H groups in total. The molecule has 4 nitrogen and oxygen atoms in total. The SMILES string of the molecule is CC(C)OP1(=O)OSO1. The first-order chi connectivity index (χ1) is 4.12. The quantitative estimate of drug-likeness (QED) is 0.469. The van der Waals surface area contributed by atoms with Crippen molar-refractivity contribution in [2.24, 2.45) is 0 Å². The van der Waals surface area contributed by atoms with E-state index in [1.807, 2.05) is 0 Å². The lowest BCUT2D eigenvalue weighted by atomic mass is 10.5. The van der Waals surface area contributed by atoms with Gasteiger partial charge in [-0.25, -0.2) is 4.57 Å². The van der Waals surface area contributed by atoms with E-state index < -0.39 is 7.82 Å². The van der Waals surface area contributed by atoms with Crippen molar-refractivity contribution in [1.29, 1.82) is 0 Å². The van der Waals surface area contributed by atoms with E-state index in [1.54, 1.807) is 13.8 Å². The molecule has 0 aromatic heterocycles. The summed E-state index contributed by atoms with van der Waals surface area (Å²) in [6, 6.07) is 0. The first-order valence-corrected chi connectivity index (χ1v) is 4.58. The summed E-state index contributed by atoms with van der Waals surface area (Å²) in [6.45, 7) is 3.52. The molecular weight excluding hydrogens is 163 g/mol. The van der Waals surface area contributed by atoms with Gasteiger partial charge in [0.15, 0.2) is 12.3 Å². The fraction of sp³-hybridized carbons (Fsp3) is 1.00. The molecule has 0 atom stereocenters. The molecule has 0 unspecified atom stereocenters. The van der Waals surface area contributed by atoms with Gasteiger partial charge in [-0.3, -0.25) is 4.52 Å². The number of hydrogen-bond donors (Lipinski definition) is 0. The van der Waals surface area contributed by atoms with Gasteiger partial charge in [-0.1, -0.05) is 0 Å². The van der Waals surface area contributed by atoms with Gasteiger partial charge in [0.2, 0.25) is 0 Å². The summed E-state index contributed by atoms with van der Waals surface area (Å²) in [7, 11) is -3.09. The van der Waals surface area contributed by atoms with Gasteiger partial charge in [0.25, 0.3) is 0 Å². The first-order valence-electron chi connectivity index (χ1n) is 2.45. The van der Waals surface area contributed by atoms with Crippen LogP contribution in [0, 0.1) is 0 Å². The van der Waals surface area contributed by atoms with E-state index in [0.29, 0.717) is 12.3 Å². The molecule has 1 fully saturated rings. The van der Waals surface area contributed by atoms with Crippen LogP contribution in [-0.2, 0) is 17.0 Å². The predicted octanol–water partition coefficient (Wildman–Crippen LogP) is 2.13. The summed E-state index contributed by atoms with van der Waals surface area (Å²) in [5.74, 6) is 0. The highest BCUT2D eigenvalue weighted by molar-refractivity contribution is 8.02. The molecule has 54 valence electrons. The Labute approximate surface area is 57.9 Å². The van der Waals surface area contributed by atoms with Crippen molar-refractivity contribution >= 4 is 20.1 Å². The van der Waals surface area contributed by atoms with Crippen LogP contribution in [-0.4, -0.2) is 6.10 Å². The molecule has 0 bridgehead atoms. The molecule has 1 saturated heterocycles. The Morgan fingerprint density at radius 3 is 2.22 bits per heavy atom. The Balaban J connectivity index is 2.34. The Kier molecular flexibility index (Phi) is 2.18. The summed E-state index contributed by atoms with van der Waals surface area (Å²) >= 11 is 0.698. The molecule has 0 amide bonds. The third-order valence-electron chi connectivity index (χ3n) is 0.583. The molecule has 9 heavy (non-hydrogen) atoms. The first kappa shape index (κ1) is 7.57. The van der Waals surface area contributed by atoms with Gasteiger partial charge < -0.3 is 0 Å². The molecule has 0 radical (unpaired) electrons. The third kappa shape index (κ3) is 1.95. The second-order valence-electron chi connectivity index (χ2n) is 1.82. The maximum Gasteiger partial charge on any atom is 0.501 e. The number of rotatable bonds is 2. The molecule has 1 rings (SSSR count). The zero-order valence-electron chi connectivity index (χ0n) is 5.07. The highest BCUT2D eigenvalue weighted by atomic mass is 32.2. The minimum atomic E-state index is -3.09. The Morgan fingerprint density at radius 2 is 2.11 bits per heavy atom. The van der Waals surface area contributed by atoms with Gasteiger partial charge in [0, 0.05) is 0 Å².